The Kier molecular flexibility index (Phi) is 10.5. The van der Waals surface area contributed by atoms with Crippen molar-refractivity contribution in [2.75, 3.05) is 23.7 Å². The molecule has 3 rings (SSSR count). The molecule has 1 unspecified atom stereocenters. The lowest BCUT2D eigenvalue weighted by Gasteiger charge is -2.34. The molecule has 0 spiro atoms. The fraction of sp³-hybridized carbons (Fsp3) is 0.375. The molecular weight excluding hydrogens is 522 g/mol. The van der Waals surface area contributed by atoms with Gasteiger partial charge in [0.2, 0.25) is 21.8 Å². The molecule has 0 saturated carbocycles. The first kappa shape index (κ1) is 30.9. The van der Waals surface area contributed by atoms with Crippen molar-refractivity contribution in [3.63, 3.8) is 0 Å². The van der Waals surface area contributed by atoms with E-state index in [0.29, 0.717) is 18.7 Å². The summed E-state index contributed by atoms with van der Waals surface area (Å²) in [5.41, 5.74) is 5.14. The molecule has 0 saturated heterocycles. The zero-order valence-electron chi connectivity index (χ0n) is 24.3. The molecule has 1 N–H and O–H groups in total. The van der Waals surface area contributed by atoms with Gasteiger partial charge < -0.3 is 10.2 Å². The zero-order chi connectivity index (χ0) is 29.4. The molecule has 3 aromatic carbocycles. The number of benzene rings is 3. The van der Waals surface area contributed by atoms with Gasteiger partial charge in [-0.15, -0.1) is 0 Å². The van der Waals surface area contributed by atoms with Gasteiger partial charge in [-0.2, -0.15) is 0 Å². The van der Waals surface area contributed by atoms with Crippen molar-refractivity contribution in [3.05, 3.63) is 101 Å². The molecule has 0 fully saturated rings. The standard InChI is InChI=1S/C32H41N3O4S/c1-23(2)20-33-32(37)30(19-27-13-8-7-9-14-27)34(21-28-15-11-10-12-25(28)4)31(36)22-35(40(6,38)39)29-17-16-24(3)26(5)18-29/h7-18,23,30H,19-22H2,1-6H3,(H,33,37). The lowest BCUT2D eigenvalue weighted by molar-refractivity contribution is -0.140. The first-order chi connectivity index (χ1) is 18.9. The first-order valence-corrected chi connectivity index (χ1v) is 15.4. The molecule has 0 aliphatic heterocycles. The van der Waals surface area contributed by atoms with Crippen LogP contribution in [0.2, 0.25) is 0 Å². The number of rotatable bonds is 12. The number of hydrogen-bond donors (Lipinski definition) is 1. The number of carbonyl (C=O) groups excluding carboxylic acids is 2. The van der Waals surface area contributed by atoms with Crippen molar-refractivity contribution in [1.29, 1.82) is 0 Å². The summed E-state index contributed by atoms with van der Waals surface area (Å²) in [6.45, 7) is 10.0. The highest BCUT2D eigenvalue weighted by Crippen LogP contribution is 2.23. The largest absolute Gasteiger partial charge is 0.354 e. The highest BCUT2D eigenvalue weighted by Gasteiger charge is 2.33. The lowest BCUT2D eigenvalue weighted by atomic mass is 10.0. The number of nitrogens with one attached hydrogen (secondary N) is 1. The summed E-state index contributed by atoms with van der Waals surface area (Å²) in [4.78, 5) is 29.4. The van der Waals surface area contributed by atoms with Crippen molar-refractivity contribution >= 4 is 27.5 Å². The molecule has 0 radical (unpaired) electrons. The summed E-state index contributed by atoms with van der Waals surface area (Å²) < 4.78 is 27.0. The van der Waals surface area contributed by atoms with Crippen LogP contribution in [0.15, 0.2) is 72.8 Å². The van der Waals surface area contributed by atoms with Gasteiger partial charge in [0.05, 0.1) is 11.9 Å². The molecule has 0 bridgehead atoms. The fourth-order valence-corrected chi connectivity index (χ4v) is 5.28. The van der Waals surface area contributed by atoms with E-state index in [9.17, 15) is 18.0 Å². The Morgan fingerprint density at radius 2 is 1.50 bits per heavy atom. The number of aryl methyl sites for hydroxylation is 3. The average Bonchev–Trinajstić information content (AvgIpc) is 2.90. The van der Waals surface area contributed by atoms with E-state index >= 15 is 0 Å². The SMILES string of the molecule is Cc1ccc(N(CC(=O)N(Cc2ccccc2C)C(Cc2ccccc2)C(=O)NCC(C)C)S(C)(=O)=O)cc1C. The summed E-state index contributed by atoms with van der Waals surface area (Å²) in [6, 6.07) is 21.7. The second-order valence-electron chi connectivity index (χ2n) is 10.8. The smallest absolute Gasteiger partial charge is 0.244 e. The van der Waals surface area contributed by atoms with Crippen molar-refractivity contribution in [3.8, 4) is 0 Å². The van der Waals surface area contributed by atoms with Gasteiger partial charge in [0.15, 0.2) is 0 Å². The Bertz CT molecular complexity index is 1420. The third-order valence-electron chi connectivity index (χ3n) is 7.02. The summed E-state index contributed by atoms with van der Waals surface area (Å²) >= 11 is 0. The molecule has 0 aromatic heterocycles. The molecular formula is C32H41N3O4S. The molecule has 0 heterocycles. The maximum absolute atomic E-state index is 14.2. The molecule has 40 heavy (non-hydrogen) atoms. The van der Waals surface area contributed by atoms with Crippen LogP contribution in [0.1, 0.15) is 41.7 Å². The van der Waals surface area contributed by atoms with Crippen LogP contribution in [0, 0.1) is 26.7 Å². The van der Waals surface area contributed by atoms with E-state index in [2.05, 4.69) is 5.32 Å². The maximum atomic E-state index is 14.2. The third-order valence-corrected chi connectivity index (χ3v) is 8.16. The van der Waals surface area contributed by atoms with Crippen molar-refractivity contribution in [2.24, 2.45) is 5.92 Å². The van der Waals surface area contributed by atoms with E-state index in [4.69, 9.17) is 0 Å². The van der Waals surface area contributed by atoms with Crippen LogP contribution in [0.3, 0.4) is 0 Å². The predicted octanol–water partition coefficient (Wildman–Crippen LogP) is 4.79. The van der Waals surface area contributed by atoms with E-state index in [1.165, 1.54) is 4.90 Å². The zero-order valence-corrected chi connectivity index (χ0v) is 25.2. The Labute approximate surface area is 239 Å². The maximum Gasteiger partial charge on any atom is 0.244 e. The van der Waals surface area contributed by atoms with Crippen LogP contribution in [-0.4, -0.2) is 50.5 Å². The lowest BCUT2D eigenvalue weighted by Crippen LogP contribution is -2.53. The van der Waals surface area contributed by atoms with Gasteiger partial charge in [0.25, 0.3) is 0 Å². The highest BCUT2D eigenvalue weighted by atomic mass is 32.2. The number of nitrogens with zero attached hydrogens (tertiary/aromatic N) is 2. The first-order valence-electron chi connectivity index (χ1n) is 13.6. The van der Waals surface area contributed by atoms with Crippen LogP contribution in [-0.2, 0) is 32.6 Å². The number of anilines is 1. The molecule has 1 atom stereocenters. The van der Waals surface area contributed by atoms with E-state index in [1.807, 2.05) is 95.3 Å². The average molecular weight is 564 g/mol. The Morgan fingerprint density at radius 3 is 2.10 bits per heavy atom. The number of amides is 2. The summed E-state index contributed by atoms with van der Waals surface area (Å²) in [5, 5.41) is 3.00. The van der Waals surface area contributed by atoms with Gasteiger partial charge in [-0.3, -0.25) is 13.9 Å². The minimum Gasteiger partial charge on any atom is -0.354 e. The van der Waals surface area contributed by atoms with Crippen LogP contribution in [0.4, 0.5) is 5.69 Å². The Balaban J connectivity index is 2.07. The minimum atomic E-state index is -3.80. The predicted molar refractivity (Wildman–Crippen MR) is 162 cm³/mol. The Morgan fingerprint density at radius 1 is 0.850 bits per heavy atom. The molecule has 2 amide bonds. The van der Waals surface area contributed by atoms with E-state index < -0.39 is 28.5 Å². The van der Waals surface area contributed by atoms with Crippen LogP contribution >= 0.6 is 0 Å². The van der Waals surface area contributed by atoms with Crippen molar-refractivity contribution in [1.82, 2.24) is 10.2 Å². The fourth-order valence-electron chi connectivity index (χ4n) is 4.44. The normalized spacial score (nSPS) is 12.2. The third kappa shape index (κ3) is 8.42. The molecule has 0 aliphatic carbocycles. The van der Waals surface area contributed by atoms with E-state index in [1.54, 1.807) is 12.1 Å². The van der Waals surface area contributed by atoms with Crippen molar-refractivity contribution in [2.45, 2.75) is 53.6 Å². The number of carbonyl (C=O) groups is 2. The van der Waals surface area contributed by atoms with Crippen LogP contribution < -0.4 is 9.62 Å². The molecule has 7 nitrogen and oxygen atoms in total. The summed E-state index contributed by atoms with van der Waals surface area (Å²) in [6.07, 6.45) is 1.39. The van der Waals surface area contributed by atoms with Gasteiger partial charge in [0.1, 0.15) is 12.6 Å². The topological polar surface area (TPSA) is 86.8 Å². The second kappa shape index (κ2) is 13.6. The van der Waals surface area contributed by atoms with Gasteiger partial charge in [-0.05, 0) is 66.6 Å². The Hall–Kier alpha value is -3.65. The van der Waals surface area contributed by atoms with Crippen LogP contribution in [0.25, 0.3) is 0 Å². The highest BCUT2D eigenvalue weighted by molar-refractivity contribution is 7.92. The monoisotopic (exact) mass is 563 g/mol. The number of hydrogen-bond acceptors (Lipinski definition) is 4. The van der Waals surface area contributed by atoms with Gasteiger partial charge in [-0.25, -0.2) is 8.42 Å². The summed E-state index contributed by atoms with van der Waals surface area (Å²) in [7, 11) is -3.80. The van der Waals surface area contributed by atoms with E-state index in [0.717, 1.165) is 38.4 Å². The van der Waals surface area contributed by atoms with Gasteiger partial charge in [-0.1, -0.05) is 74.5 Å². The quantitative estimate of drug-likeness (QED) is 0.343. The van der Waals surface area contributed by atoms with Gasteiger partial charge in [0, 0.05) is 19.5 Å². The summed E-state index contributed by atoms with van der Waals surface area (Å²) in [5.74, 6) is -0.489. The van der Waals surface area contributed by atoms with Crippen molar-refractivity contribution < 1.29 is 18.0 Å². The minimum absolute atomic E-state index is 0.169. The van der Waals surface area contributed by atoms with Crippen LogP contribution in [0.5, 0.6) is 0 Å². The molecule has 0 aliphatic rings. The molecule has 3 aromatic rings. The number of sulfonamides is 1. The molecule has 214 valence electrons. The second-order valence-corrected chi connectivity index (χ2v) is 12.7. The molecule has 8 heteroatoms. The van der Waals surface area contributed by atoms with Gasteiger partial charge >= 0.3 is 0 Å². The van der Waals surface area contributed by atoms with E-state index in [-0.39, 0.29) is 18.4 Å².